The van der Waals surface area contributed by atoms with Gasteiger partial charge in [0.05, 0.1) is 0 Å². The monoisotopic (exact) mass is 381 g/mol. The van der Waals surface area contributed by atoms with Gasteiger partial charge in [0.2, 0.25) is 5.95 Å². The predicted octanol–water partition coefficient (Wildman–Crippen LogP) is 2.61. The Bertz CT molecular complexity index is 840. The molecule has 7 nitrogen and oxygen atoms in total. The first-order valence-corrected chi connectivity index (χ1v) is 9.86. The number of ether oxygens (including phenoxy) is 1. The highest BCUT2D eigenvalue weighted by Crippen LogP contribution is 2.35. The van der Waals surface area contributed by atoms with Crippen molar-refractivity contribution in [1.29, 1.82) is 0 Å². The minimum Gasteiger partial charge on any atom is -0.487 e. The number of amides is 2. The summed E-state index contributed by atoms with van der Waals surface area (Å²) in [4.78, 5) is 25.3. The third-order valence-electron chi connectivity index (χ3n) is 5.19. The fraction of sp³-hybridized carbons (Fsp3) is 0.476. The van der Waals surface area contributed by atoms with Gasteiger partial charge in [-0.15, -0.1) is 0 Å². The van der Waals surface area contributed by atoms with E-state index in [0.29, 0.717) is 13.1 Å². The summed E-state index contributed by atoms with van der Waals surface area (Å²) in [6, 6.07) is 7.97. The van der Waals surface area contributed by atoms with Crippen LogP contribution in [0.4, 0.5) is 10.7 Å². The van der Waals surface area contributed by atoms with Gasteiger partial charge in [-0.25, -0.2) is 14.8 Å². The van der Waals surface area contributed by atoms with Crippen LogP contribution in [0.15, 0.2) is 36.7 Å². The summed E-state index contributed by atoms with van der Waals surface area (Å²) in [5.41, 5.74) is 2.16. The molecule has 2 aliphatic rings. The third kappa shape index (κ3) is 4.18. The second-order valence-corrected chi connectivity index (χ2v) is 8.02. The number of anilines is 1. The third-order valence-corrected chi connectivity index (χ3v) is 5.19. The van der Waals surface area contributed by atoms with Crippen molar-refractivity contribution in [3.8, 4) is 5.75 Å². The first-order valence-electron chi connectivity index (χ1n) is 9.86. The number of carbonyl (C=O) groups excluding carboxylic acids is 1. The summed E-state index contributed by atoms with van der Waals surface area (Å²) >= 11 is 0. The first kappa shape index (κ1) is 18.5. The molecule has 1 aromatic carbocycles. The molecule has 2 aliphatic heterocycles. The van der Waals surface area contributed by atoms with Gasteiger partial charge < -0.3 is 19.9 Å². The van der Waals surface area contributed by atoms with Crippen molar-refractivity contribution in [2.75, 3.05) is 31.1 Å². The van der Waals surface area contributed by atoms with Crippen molar-refractivity contribution in [3.05, 3.63) is 47.8 Å². The Hall–Kier alpha value is -2.83. The minimum absolute atomic E-state index is 0.0205. The van der Waals surface area contributed by atoms with Crippen LogP contribution in [0, 0.1) is 0 Å². The van der Waals surface area contributed by atoms with Crippen molar-refractivity contribution in [1.82, 2.24) is 20.2 Å². The molecule has 0 unspecified atom stereocenters. The van der Waals surface area contributed by atoms with E-state index in [1.54, 1.807) is 12.4 Å². The number of rotatable bonds is 3. The molecule has 0 spiro atoms. The molecule has 148 valence electrons. The molecule has 0 atom stereocenters. The highest BCUT2D eigenvalue weighted by atomic mass is 16.5. The van der Waals surface area contributed by atoms with Gasteiger partial charge in [-0.05, 0) is 43.5 Å². The number of aromatic nitrogens is 2. The summed E-state index contributed by atoms with van der Waals surface area (Å²) in [6.45, 7) is 7.71. The maximum atomic E-state index is 12.6. The molecule has 1 N–H and O–H groups in total. The lowest BCUT2D eigenvalue weighted by atomic mass is 10.0. The average molecular weight is 381 g/mol. The van der Waals surface area contributed by atoms with Gasteiger partial charge in [0.15, 0.2) is 0 Å². The maximum Gasteiger partial charge on any atom is 0.317 e. The zero-order chi connectivity index (χ0) is 19.6. The van der Waals surface area contributed by atoms with Crippen LogP contribution >= 0.6 is 0 Å². The van der Waals surface area contributed by atoms with Crippen LogP contribution in [0.3, 0.4) is 0 Å². The summed E-state index contributed by atoms with van der Waals surface area (Å²) in [5.74, 6) is 1.68. The number of hydrogen-bond donors (Lipinski definition) is 1. The lowest BCUT2D eigenvalue weighted by Gasteiger charge is -2.22. The Kier molecular flexibility index (Phi) is 5.07. The van der Waals surface area contributed by atoms with Crippen LogP contribution in [-0.4, -0.2) is 52.7 Å². The van der Waals surface area contributed by atoms with Crippen LogP contribution in [-0.2, 0) is 13.0 Å². The molecule has 0 radical (unpaired) electrons. The number of benzene rings is 1. The molecule has 0 saturated carbocycles. The fourth-order valence-electron chi connectivity index (χ4n) is 3.84. The van der Waals surface area contributed by atoms with Crippen molar-refractivity contribution >= 4 is 12.0 Å². The Balaban J connectivity index is 1.31. The Morgan fingerprint density at radius 2 is 2.00 bits per heavy atom. The first-order chi connectivity index (χ1) is 13.5. The topological polar surface area (TPSA) is 70.6 Å². The van der Waals surface area contributed by atoms with Crippen LogP contribution in [0.2, 0.25) is 0 Å². The lowest BCUT2D eigenvalue weighted by molar-refractivity contribution is 0.138. The molecule has 4 rings (SSSR count). The Labute approximate surface area is 165 Å². The maximum absolute atomic E-state index is 12.6. The van der Waals surface area contributed by atoms with Crippen molar-refractivity contribution in [2.24, 2.45) is 0 Å². The molecule has 2 amide bonds. The molecule has 0 aliphatic carbocycles. The van der Waals surface area contributed by atoms with Crippen LogP contribution in [0.25, 0.3) is 0 Å². The number of nitrogens with one attached hydrogen (secondary N) is 1. The van der Waals surface area contributed by atoms with Crippen LogP contribution in [0.1, 0.15) is 31.4 Å². The zero-order valence-corrected chi connectivity index (χ0v) is 16.5. The average Bonchev–Trinajstić information content (AvgIpc) is 2.84. The zero-order valence-electron chi connectivity index (χ0n) is 16.5. The fourth-order valence-corrected chi connectivity index (χ4v) is 3.84. The quantitative estimate of drug-likeness (QED) is 0.885. The molecular weight excluding hydrogens is 354 g/mol. The number of hydrogen-bond acceptors (Lipinski definition) is 5. The summed E-state index contributed by atoms with van der Waals surface area (Å²) in [6.07, 6.45) is 5.30. The van der Waals surface area contributed by atoms with Crippen molar-refractivity contribution < 1.29 is 9.53 Å². The van der Waals surface area contributed by atoms with Crippen LogP contribution < -0.4 is 15.0 Å². The summed E-state index contributed by atoms with van der Waals surface area (Å²) < 4.78 is 5.92. The Morgan fingerprint density at radius 3 is 2.82 bits per heavy atom. The van der Waals surface area contributed by atoms with E-state index in [0.717, 1.165) is 49.7 Å². The molecule has 1 saturated heterocycles. The second kappa shape index (κ2) is 7.66. The number of fused-ring (bicyclic) bond motifs is 1. The van der Waals surface area contributed by atoms with Gasteiger partial charge in [-0.2, -0.15) is 0 Å². The lowest BCUT2D eigenvalue weighted by Crippen LogP contribution is -2.41. The second-order valence-electron chi connectivity index (χ2n) is 8.02. The van der Waals surface area contributed by atoms with Crippen molar-refractivity contribution in [3.63, 3.8) is 0 Å². The van der Waals surface area contributed by atoms with Gasteiger partial charge in [-0.1, -0.05) is 12.1 Å². The standard InChI is InChI=1S/C21H27N5O2/c1-21(2)14-17-13-16(5-6-18(17)28-21)15-24-20(27)26-10-4-9-25(11-12-26)19-22-7-3-8-23-19/h3,5-8,13H,4,9-12,14-15H2,1-2H3,(H,24,27). The minimum atomic E-state index is -0.148. The highest BCUT2D eigenvalue weighted by molar-refractivity contribution is 5.74. The largest absolute Gasteiger partial charge is 0.487 e. The van der Waals surface area contributed by atoms with Gasteiger partial charge in [-0.3, -0.25) is 0 Å². The normalized spacial score (nSPS) is 18.2. The highest BCUT2D eigenvalue weighted by Gasteiger charge is 2.30. The predicted molar refractivity (Wildman–Crippen MR) is 108 cm³/mol. The van der Waals surface area contributed by atoms with E-state index in [4.69, 9.17) is 4.74 Å². The van der Waals surface area contributed by atoms with E-state index in [2.05, 4.69) is 40.1 Å². The van der Waals surface area contributed by atoms with E-state index in [1.807, 2.05) is 23.1 Å². The summed E-state index contributed by atoms with van der Waals surface area (Å²) in [7, 11) is 0. The molecule has 0 bridgehead atoms. The van der Waals surface area contributed by atoms with Gasteiger partial charge >= 0.3 is 6.03 Å². The molecule has 28 heavy (non-hydrogen) atoms. The molecule has 1 aromatic heterocycles. The van der Waals surface area contributed by atoms with E-state index < -0.39 is 0 Å². The van der Waals surface area contributed by atoms with E-state index in [-0.39, 0.29) is 11.6 Å². The van der Waals surface area contributed by atoms with Crippen molar-refractivity contribution in [2.45, 2.75) is 38.8 Å². The van der Waals surface area contributed by atoms with E-state index in [1.165, 1.54) is 5.56 Å². The number of urea groups is 1. The number of nitrogens with zero attached hydrogens (tertiary/aromatic N) is 4. The molecule has 3 heterocycles. The SMILES string of the molecule is CC1(C)Cc2cc(CNC(=O)N3CCCN(c4ncccn4)CC3)ccc2O1. The Morgan fingerprint density at radius 1 is 1.18 bits per heavy atom. The van der Waals surface area contributed by atoms with E-state index >= 15 is 0 Å². The van der Waals surface area contributed by atoms with E-state index in [9.17, 15) is 4.79 Å². The molecular formula is C21H27N5O2. The smallest absolute Gasteiger partial charge is 0.317 e. The van der Waals surface area contributed by atoms with Gasteiger partial charge in [0.1, 0.15) is 11.4 Å². The summed E-state index contributed by atoms with van der Waals surface area (Å²) in [5, 5.41) is 3.06. The molecule has 1 fully saturated rings. The number of carbonyl (C=O) groups is 1. The van der Waals surface area contributed by atoms with Crippen LogP contribution in [0.5, 0.6) is 5.75 Å². The van der Waals surface area contributed by atoms with Gasteiger partial charge in [0.25, 0.3) is 0 Å². The van der Waals surface area contributed by atoms with Gasteiger partial charge in [0, 0.05) is 51.5 Å². The molecule has 7 heteroatoms. The molecule has 2 aromatic rings.